The fraction of sp³-hybridized carbons (Fsp3) is 0.545. The third kappa shape index (κ3) is 1.82. The number of nitrogens with zero attached hydrogens (tertiary/aromatic N) is 4. The van der Waals surface area contributed by atoms with Crippen LogP contribution < -0.4 is 11.1 Å². The van der Waals surface area contributed by atoms with Crippen LogP contribution in [0.3, 0.4) is 0 Å². The Bertz CT molecular complexity index is 620. The standard InChI is InChI=1S/C11H15FN6O2/c1-14-7-5(2-19)20-11(6(7)12)18-4-17-8-9(13)15-3-16-10(8)18/h3-7,11,14,19H,2H2,1H3,(H2,13,15,16)/t5-,6+,7-,11-/m1/s1. The van der Waals surface area contributed by atoms with Crippen LogP contribution in [-0.4, -0.2) is 56.6 Å². The molecule has 0 radical (unpaired) electrons. The average Bonchev–Trinajstić information content (AvgIpc) is 3.00. The number of likely N-dealkylation sites (N-methyl/N-ethyl adjacent to an activating group) is 1. The zero-order valence-electron chi connectivity index (χ0n) is 10.8. The zero-order chi connectivity index (χ0) is 14.3. The van der Waals surface area contributed by atoms with Gasteiger partial charge in [0.15, 0.2) is 23.9 Å². The van der Waals surface area contributed by atoms with Crippen molar-refractivity contribution in [2.24, 2.45) is 0 Å². The van der Waals surface area contributed by atoms with Crippen LogP contribution in [0.15, 0.2) is 12.7 Å². The molecular formula is C11H15FN6O2. The van der Waals surface area contributed by atoms with Gasteiger partial charge in [0.2, 0.25) is 0 Å². The number of ether oxygens (including phenoxy) is 1. The van der Waals surface area contributed by atoms with E-state index in [4.69, 9.17) is 10.5 Å². The number of rotatable bonds is 3. The number of nitrogen functional groups attached to an aromatic ring is 1. The molecule has 1 fully saturated rings. The summed E-state index contributed by atoms with van der Waals surface area (Å²) in [5.74, 6) is 0.228. The van der Waals surface area contributed by atoms with Gasteiger partial charge in [0.1, 0.15) is 17.9 Å². The van der Waals surface area contributed by atoms with E-state index in [-0.39, 0.29) is 12.4 Å². The molecule has 3 rings (SSSR count). The highest BCUT2D eigenvalue weighted by molar-refractivity contribution is 5.81. The van der Waals surface area contributed by atoms with Gasteiger partial charge >= 0.3 is 0 Å². The summed E-state index contributed by atoms with van der Waals surface area (Å²) >= 11 is 0. The first-order valence-corrected chi connectivity index (χ1v) is 6.18. The Morgan fingerprint density at radius 2 is 2.30 bits per heavy atom. The van der Waals surface area contributed by atoms with Crippen molar-refractivity contribution in [1.82, 2.24) is 24.8 Å². The van der Waals surface area contributed by atoms with E-state index in [0.29, 0.717) is 11.2 Å². The van der Waals surface area contributed by atoms with Gasteiger partial charge in [-0.15, -0.1) is 0 Å². The van der Waals surface area contributed by atoms with Crippen molar-refractivity contribution >= 4 is 17.0 Å². The molecule has 0 aliphatic carbocycles. The molecule has 20 heavy (non-hydrogen) atoms. The molecule has 0 spiro atoms. The number of hydrogen-bond donors (Lipinski definition) is 3. The van der Waals surface area contributed by atoms with E-state index in [1.807, 2.05) is 0 Å². The van der Waals surface area contributed by atoms with E-state index in [1.54, 1.807) is 7.05 Å². The number of nitrogens with one attached hydrogen (secondary N) is 1. The molecule has 0 saturated carbocycles. The molecule has 0 bridgehead atoms. The molecule has 1 aliphatic heterocycles. The predicted molar refractivity (Wildman–Crippen MR) is 68.5 cm³/mol. The van der Waals surface area contributed by atoms with Crippen molar-refractivity contribution < 1.29 is 14.2 Å². The molecule has 4 atom stereocenters. The highest BCUT2D eigenvalue weighted by Crippen LogP contribution is 2.33. The summed E-state index contributed by atoms with van der Waals surface area (Å²) in [7, 11) is 1.62. The topological polar surface area (TPSA) is 111 Å². The summed E-state index contributed by atoms with van der Waals surface area (Å²) in [5.41, 5.74) is 6.50. The van der Waals surface area contributed by atoms with Crippen LogP contribution in [0.4, 0.5) is 10.2 Å². The molecule has 3 heterocycles. The number of aliphatic hydroxyl groups excluding tert-OH is 1. The van der Waals surface area contributed by atoms with Crippen molar-refractivity contribution in [1.29, 1.82) is 0 Å². The Balaban J connectivity index is 2.01. The largest absolute Gasteiger partial charge is 0.394 e. The van der Waals surface area contributed by atoms with Gasteiger partial charge in [-0.2, -0.15) is 0 Å². The quantitative estimate of drug-likeness (QED) is 0.677. The maximum atomic E-state index is 14.5. The molecule has 1 aliphatic rings. The first-order valence-electron chi connectivity index (χ1n) is 6.18. The van der Waals surface area contributed by atoms with Crippen LogP contribution in [-0.2, 0) is 4.74 Å². The van der Waals surface area contributed by atoms with Crippen molar-refractivity contribution in [2.75, 3.05) is 19.4 Å². The average molecular weight is 282 g/mol. The first kappa shape index (κ1) is 13.2. The Labute approximate surface area is 113 Å². The van der Waals surface area contributed by atoms with Gasteiger partial charge in [-0.05, 0) is 7.05 Å². The molecule has 2 aromatic heterocycles. The number of aromatic nitrogens is 4. The molecule has 1 saturated heterocycles. The summed E-state index contributed by atoms with van der Waals surface area (Å²) in [6, 6.07) is -0.596. The number of imidazole rings is 1. The molecule has 8 nitrogen and oxygen atoms in total. The van der Waals surface area contributed by atoms with E-state index in [2.05, 4.69) is 20.3 Å². The summed E-state index contributed by atoms with van der Waals surface area (Å²) in [5, 5.41) is 12.1. The normalized spacial score (nSPS) is 30.1. The summed E-state index contributed by atoms with van der Waals surface area (Å²) in [6.07, 6.45) is -0.178. The fourth-order valence-corrected chi connectivity index (χ4v) is 2.50. The number of fused-ring (bicyclic) bond motifs is 1. The first-order chi connectivity index (χ1) is 9.67. The van der Waals surface area contributed by atoms with Gasteiger partial charge in [0.25, 0.3) is 0 Å². The molecule has 108 valence electrons. The summed E-state index contributed by atoms with van der Waals surface area (Å²) in [4.78, 5) is 12.0. The van der Waals surface area contributed by atoms with Crippen LogP contribution in [0.2, 0.25) is 0 Å². The van der Waals surface area contributed by atoms with Crippen LogP contribution in [0.25, 0.3) is 11.2 Å². The van der Waals surface area contributed by atoms with E-state index < -0.39 is 24.5 Å². The molecular weight excluding hydrogens is 267 g/mol. The van der Waals surface area contributed by atoms with Crippen LogP contribution >= 0.6 is 0 Å². The van der Waals surface area contributed by atoms with Gasteiger partial charge in [0.05, 0.1) is 19.0 Å². The fourth-order valence-electron chi connectivity index (χ4n) is 2.50. The summed E-state index contributed by atoms with van der Waals surface area (Å²) in [6.45, 7) is -0.272. The van der Waals surface area contributed by atoms with E-state index in [9.17, 15) is 9.50 Å². The van der Waals surface area contributed by atoms with Crippen molar-refractivity contribution in [3.8, 4) is 0 Å². The molecule has 4 N–H and O–H groups in total. The predicted octanol–water partition coefficient (Wildman–Crippen LogP) is -0.776. The Kier molecular flexibility index (Phi) is 3.24. The number of anilines is 1. The molecule has 9 heteroatoms. The second kappa shape index (κ2) is 4.93. The van der Waals surface area contributed by atoms with Gasteiger partial charge in [-0.25, -0.2) is 19.3 Å². The van der Waals surface area contributed by atoms with E-state index in [0.717, 1.165) is 0 Å². The second-order valence-electron chi connectivity index (χ2n) is 4.59. The van der Waals surface area contributed by atoms with Gasteiger partial charge in [-0.1, -0.05) is 0 Å². The lowest BCUT2D eigenvalue weighted by Gasteiger charge is -2.16. The number of aliphatic hydroxyl groups is 1. The van der Waals surface area contributed by atoms with Crippen LogP contribution in [0.1, 0.15) is 6.23 Å². The zero-order valence-corrected chi connectivity index (χ0v) is 10.8. The maximum absolute atomic E-state index is 14.5. The molecule has 0 aromatic carbocycles. The molecule has 2 aromatic rings. The number of nitrogens with two attached hydrogens (primary N) is 1. The molecule has 0 unspecified atom stereocenters. The van der Waals surface area contributed by atoms with Crippen LogP contribution in [0.5, 0.6) is 0 Å². The van der Waals surface area contributed by atoms with Crippen molar-refractivity contribution in [2.45, 2.75) is 24.5 Å². The third-order valence-electron chi connectivity index (χ3n) is 3.50. The van der Waals surface area contributed by atoms with Gasteiger partial charge in [0, 0.05) is 0 Å². The van der Waals surface area contributed by atoms with Crippen molar-refractivity contribution in [3.05, 3.63) is 12.7 Å². The minimum Gasteiger partial charge on any atom is -0.394 e. The highest BCUT2D eigenvalue weighted by atomic mass is 19.1. The Morgan fingerprint density at radius 3 is 2.95 bits per heavy atom. The lowest BCUT2D eigenvalue weighted by molar-refractivity contribution is -0.0367. The van der Waals surface area contributed by atoms with Crippen molar-refractivity contribution in [3.63, 3.8) is 0 Å². The number of hydrogen-bond acceptors (Lipinski definition) is 7. The Hall–Kier alpha value is -1.84. The third-order valence-corrected chi connectivity index (χ3v) is 3.50. The maximum Gasteiger partial charge on any atom is 0.170 e. The van der Waals surface area contributed by atoms with Crippen LogP contribution in [0, 0.1) is 0 Å². The lowest BCUT2D eigenvalue weighted by Crippen LogP contribution is -2.41. The number of alkyl halides is 1. The van der Waals surface area contributed by atoms with E-state index >= 15 is 0 Å². The monoisotopic (exact) mass is 282 g/mol. The van der Waals surface area contributed by atoms with Gasteiger partial charge in [-0.3, -0.25) is 4.57 Å². The number of halogens is 1. The second-order valence-corrected chi connectivity index (χ2v) is 4.59. The molecule has 0 amide bonds. The minimum absolute atomic E-state index is 0.228. The minimum atomic E-state index is -1.34. The highest BCUT2D eigenvalue weighted by Gasteiger charge is 2.45. The Morgan fingerprint density at radius 1 is 1.50 bits per heavy atom. The van der Waals surface area contributed by atoms with Gasteiger partial charge < -0.3 is 20.9 Å². The smallest absolute Gasteiger partial charge is 0.170 e. The summed E-state index contributed by atoms with van der Waals surface area (Å²) < 4.78 is 21.5. The SMILES string of the molecule is CN[C@H]1[C@H](F)[C@H](n2cnc3c(N)ncnc32)O[C@@H]1CO. The lowest BCUT2D eigenvalue weighted by atomic mass is 10.1. The van der Waals surface area contributed by atoms with E-state index in [1.165, 1.54) is 17.2 Å².